The molecular formula is C49H70BN. The summed E-state index contributed by atoms with van der Waals surface area (Å²) in [6, 6.07) is 21.4. The zero-order valence-electron chi connectivity index (χ0n) is 34.4. The van der Waals surface area contributed by atoms with E-state index in [9.17, 15) is 0 Å². The fraction of sp³-hybridized carbons (Fsp3) is 0.592. The summed E-state index contributed by atoms with van der Waals surface area (Å²) in [6.45, 7) is 26.2. The van der Waals surface area contributed by atoms with Gasteiger partial charge in [0.15, 0.2) is 0 Å². The van der Waals surface area contributed by atoms with E-state index >= 15 is 0 Å². The Morgan fingerprint density at radius 2 is 0.961 bits per heavy atom. The minimum absolute atomic E-state index is 0.0160. The molecule has 0 aromatic heterocycles. The van der Waals surface area contributed by atoms with Crippen LogP contribution in [-0.4, -0.2) is 12.7 Å². The number of benzene rings is 3. The molecule has 3 aromatic rings. The molecule has 0 heterocycles. The monoisotopic (exact) mass is 684 g/mol. The van der Waals surface area contributed by atoms with Crippen LogP contribution in [0.1, 0.15) is 186 Å². The first kappa shape index (κ1) is 39.3. The summed E-state index contributed by atoms with van der Waals surface area (Å²) in [4.78, 5) is 0. The van der Waals surface area contributed by atoms with Crippen molar-refractivity contribution in [3.8, 4) is 34.0 Å². The van der Waals surface area contributed by atoms with E-state index in [1.54, 1.807) is 0 Å². The Bertz CT molecular complexity index is 1510. The second-order valence-electron chi connectivity index (χ2n) is 18.5. The molecule has 2 fully saturated rings. The van der Waals surface area contributed by atoms with Crippen LogP contribution in [0.2, 0.25) is 5.82 Å². The van der Waals surface area contributed by atoms with E-state index in [-0.39, 0.29) is 5.41 Å². The molecule has 0 amide bonds. The molecule has 274 valence electrons. The van der Waals surface area contributed by atoms with Gasteiger partial charge in [-0.3, -0.25) is 0 Å². The summed E-state index contributed by atoms with van der Waals surface area (Å²) < 4.78 is 0. The standard InChI is InChI=1S/C49H70BN/c1-33(2)39-25-18-26-40(34(3)4)45(39)43-29-20-30-44(46-41(35(5)6)27-19-28-42(46)36(7)8)47(43)51-48(37-21-14-12-15-22-37)50(32-31-49(9,10)11)38-23-16-13-17-24-38/h18-20,25-30,33-38,48,51H,12-17,21-24H2,1-11H3/t48-/m0/s1. The van der Waals surface area contributed by atoms with Crippen LogP contribution in [0.4, 0.5) is 5.69 Å². The van der Waals surface area contributed by atoms with Crippen LogP contribution in [0.5, 0.6) is 0 Å². The molecule has 2 heteroatoms. The number of anilines is 1. The highest BCUT2D eigenvalue weighted by atomic mass is 14.9. The highest BCUT2D eigenvalue weighted by Gasteiger charge is 2.39. The molecule has 0 spiro atoms. The van der Waals surface area contributed by atoms with E-state index in [1.165, 1.54) is 114 Å². The Labute approximate surface area is 314 Å². The maximum absolute atomic E-state index is 4.58. The Kier molecular flexibility index (Phi) is 13.3. The summed E-state index contributed by atoms with van der Waals surface area (Å²) in [7, 11) is 0. The molecule has 3 aromatic carbocycles. The average Bonchev–Trinajstić information content (AvgIpc) is 3.10. The van der Waals surface area contributed by atoms with Crippen LogP contribution in [0, 0.1) is 23.1 Å². The molecule has 51 heavy (non-hydrogen) atoms. The molecular weight excluding hydrogens is 613 g/mol. The van der Waals surface area contributed by atoms with Crippen LogP contribution in [-0.2, 0) is 0 Å². The molecule has 1 N–H and O–H groups in total. The fourth-order valence-electron chi connectivity index (χ4n) is 9.30. The van der Waals surface area contributed by atoms with Crippen molar-refractivity contribution in [3.05, 3.63) is 76.9 Å². The average molecular weight is 684 g/mol. The van der Waals surface area contributed by atoms with Crippen LogP contribution in [0.25, 0.3) is 22.3 Å². The topological polar surface area (TPSA) is 12.0 Å². The Hall–Kier alpha value is -2.92. The Morgan fingerprint density at radius 3 is 1.35 bits per heavy atom. The quantitative estimate of drug-likeness (QED) is 0.157. The molecule has 2 aliphatic carbocycles. The molecule has 1 nitrogen and oxygen atoms in total. The van der Waals surface area contributed by atoms with Gasteiger partial charge in [0.05, 0.1) is 0 Å². The van der Waals surface area contributed by atoms with Crippen molar-refractivity contribution in [1.29, 1.82) is 0 Å². The van der Waals surface area contributed by atoms with Crippen molar-refractivity contribution >= 4 is 12.4 Å². The summed E-state index contributed by atoms with van der Waals surface area (Å²) >= 11 is 0. The second-order valence-corrected chi connectivity index (χ2v) is 18.5. The maximum Gasteiger partial charge on any atom is 0.258 e. The van der Waals surface area contributed by atoms with E-state index < -0.39 is 0 Å². The van der Waals surface area contributed by atoms with E-state index in [0.29, 0.717) is 48.1 Å². The zero-order chi connectivity index (χ0) is 36.9. The first-order valence-corrected chi connectivity index (χ1v) is 21.0. The molecule has 2 aliphatic rings. The number of hydrogen-bond acceptors (Lipinski definition) is 1. The Balaban J connectivity index is 1.87. The lowest BCUT2D eigenvalue weighted by Crippen LogP contribution is -2.47. The highest BCUT2D eigenvalue weighted by molar-refractivity contribution is 6.71. The lowest BCUT2D eigenvalue weighted by atomic mass is 9.32. The first-order valence-electron chi connectivity index (χ1n) is 21.0. The minimum Gasteiger partial charge on any atom is -0.387 e. The van der Waals surface area contributed by atoms with Crippen molar-refractivity contribution in [3.63, 3.8) is 0 Å². The summed E-state index contributed by atoms with van der Waals surface area (Å²) in [5.41, 5.74) is 12.8. The van der Waals surface area contributed by atoms with Gasteiger partial charge in [0, 0.05) is 28.2 Å². The van der Waals surface area contributed by atoms with Gasteiger partial charge in [-0.25, -0.2) is 0 Å². The van der Waals surface area contributed by atoms with E-state index in [0.717, 1.165) is 0 Å². The highest BCUT2D eigenvalue weighted by Crippen LogP contribution is 2.48. The van der Waals surface area contributed by atoms with E-state index in [2.05, 4.69) is 148 Å². The van der Waals surface area contributed by atoms with Gasteiger partial charge in [-0.2, -0.15) is 5.82 Å². The molecule has 0 radical (unpaired) electrons. The summed E-state index contributed by atoms with van der Waals surface area (Å²) in [5, 5.41) is 4.58. The van der Waals surface area contributed by atoms with Gasteiger partial charge in [0.1, 0.15) is 0 Å². The number of nitrogens with one attached hydrogen (secondary N) is 1. The van der Waals surface area contributed by atoms with Crippen LogP contribution >= 0.6 is 0 Å². The fourth-order valence-corrected chi connectivity index (χ4v) is 9.30. The van der Waals surface area contributed by atoms with Gasteiger partial charge < -0.3 is 5.32 Å². The maximum atomic E-state index is 4.58. The van der Waals surface area contributed by atoms with Crippen molar-refractivity contribution < 1.29 is 0 Å². The van der Waals surface area contributed by atoms with Gasteiger partial charge in [-0.15, -0.1) is 5.92 Å². The van der Waals surface area contributed by atoms with Gasteiger partial charge in [-0.05, 0) is 102 Å². The van der Waals surface area contributed by atoms with E-state index in [4.69, 9.17) is 0 Å². The van der Waals surface area contributed by atoms with Crippen molar-refractivity contribution in [2.24, 2.45) is 11.3 Å². The predicted molar refractivity (Wildman–Crippen MR) is 227 cm³/mol. The van der Waals surface area contributed by atoms with Crippen molar-refractivity contribution in [2.45, 2.75) is 176 Å². The van der Waals surface area contributed by atoms with Crippen LogP contribution in [0.3, 0.4) is 0 Å². The van der Waals surface area contributed by atoms with Crippen molar-refractivity contribution in [2.75, 3.05) is 5.32 Å². The third-order valence-corrected chi connectivity index (χ3v) is 12.0. The zero-order valence-corrected chi connectivity index (χ0v) is 34.4. The lowest BCUT2D eigenvalue weighted by Gasteiger charge is -2.39. The van der Waals surface area contributed by atoms with Crippen LogP contribution in [0.15, 0.2) is 54.6 Å². The predicted octanol–water partition coefficient (Wildman–Crippen LogP) is 14.8. The number of para-hydroxylation sites is 1. The summed E-state index contributed by atoms with van der Waals surface area (Å²) in [5.74, 6) is 11.2. The molecule has 0 unspecified atom stereocenters. The molecule has 5 rings (SSSR count). The van der Waals surface area contributed by atoms with Crippen molar-refractivity contribution in [1.82, 2.24) is 0 Å². The third kappa shape index (κ3) is 9.37. The lowest BCUT2D eigenvalue weighted by molar-refractivity contribution is 0.351. The SMILES string of the molecule is CC(C)c1cccc(C(C)C)c1-c1cccc(-c2c(C(C)C)cccc2C(C)C)c1N[C@H](B(C#CC(C)(C)C)C1CCCCC1)C1CCCCC1. The van der Waals surface area contributed by atoms with Gasteiger partial charge >= 0.3 is 0 Å². The first-order chi connectivity index (χ1) is 24.3. The minimum atomic E-state index is -0.0160. The molecule has 0 aliphatic heterocycles. The largest absolute Gasteiger partial charge is 0.387 e. The van der Waals surface area contributed by atoms with Gasteiger partial charge in [-0.1, -0.05) is 161 Å². The third-order valence-electron chi connectivity index (χ3n) is 12.0. The normalized spacial score (nSPS) is 16.8. The number of hydrogen-bond donors (Lipinski definition) is 1. The second kappa shape index (κ2) is 17.3. The molecule has 0 saturated heterocycles. The van der Waals surface area contributed by atoms with Crippen LogP contribution < -0.4 is 5.32 Å². The summed E-state index contributed by atoms with van der Waals surface area (Å²) in [6.07, 6.45) is 13.3. The molecule has 0 bridgehead atoms. The van der Waals surface area contributed by atoms with E-state index in [1.807, 2.05) is 0 Å². The molecule has 1 atom stereocenters. The Morgan fingerprint density at radius 1 is 0.569 bits per heavy atom. The van der Waals surface area contributed by atoms with Gasteiger partial charge in [0.25, 0.3) is 6.71 Å². The smallest absolute Gasteiger partial charge is 0.258 e. The number of rotatable bonds is 11. The molecule has 2 saturated carbocycles. The van der Waals surface area contributed by atoms with Gasteiger partial charge in [0.2, 0.25) is 0 Å².